The molecule has 9 nitrogen and oxygen atoms in total. The van der Waals surface area contributed by atoms with E-state index in [9.17, 15) is 14.7 Å². The van der Waals surface area contributed by atoms with Crippen LogP contribution >= 0.6 is 0 Å². The van der Waals surface area contributed by atoms with Crippen LogP contribution in [0.1, 0.15) is 74.0 Å². The molecular weight excluding hydrogens is 713 g/mol. The molecule has 286 valence electrons. The first-order chi connectivity index (χ1) is 27.8. The molecule has 0 saturated carbocycles. The zero-order valence-electron chi connectivity index (χ0n) is 31.9. The van der Waals surface area contributed by atoms with Crippen molar-refractivity contribution in [1.29, 1.82) is 0 Å². The van der Waals surface area contributed by atoms with Gasteiger partial charge in [-0.1, -0.05) is 72.8 Å². The molecule has 3 aliphatic heterocycles. The average Bonchev–Trinajstić information content (AvgIpc) is 3.85. The quantitative estimate of drug-likeness (QED) is 0.167. The van der Waals surface area contributed by atoms with Gasteiger partial charge in [0.05, 0.1) is 5.56 Å². The molecule has 3 amide bonds. The number of benzene rings is 5. The average molecular weight is 757 g/mol. The van der Waals surface area contributed by atoms with Gasteiger partial charge in [0, 0.05) is 66.1 Å². The number of aromatic nitrogens is 1. The van der Waals surface area contributed by atoms with Crippen molar-refractivity contribution in [2.24, 2.45) is 0 Å². The van der Waals surface area contributed by atoms with E-state index in [1.54, 1.807) is 4.90 Å². The number of amides is 3. The molecule has 6 aromatic rings. The Morgan fingerprint density at radius 2 is 1.39 bits per heavy atom. The van der Waals surface area contributed by atoms with Gasteiger partial charge in [-0.05, 0) is 115 Å². The Bertz CT molecular complexity index is 2480. The molecule has 0 radical (unpaired) electrons. The highest BCUT2D eigenvalue weighted by atomic mass is 16.5. The Hall–Kier alpha value is -6.61. The van der Waals surface area contributed by atoms with E-state index >= 15 is 4.79 Å². The molecular formula is C48H44N4O5. The molecule has 1 N–H and O–H groups in total. The summed E-state index contributed by atoms with van der Waals surface area (Å²) in [6, 6.07) is 41.4. The number of hydrogen-bond donors (Lipinski definition) is 1. The normalized spacial score (nSPS) is 15.7. The number of ether oxygens (including phenoxy) is 1. The van der Waals surface area contributed by atoms with Crippen molar-refractivity contribution in [2.75, 3.05) is 4.90 Å². The third-order valence-electron chi connectivity index (χ3n) is 11.7. The fraction of sp³-hybridized carbons (Fsp3) is 0.229. The summed E-state index contributed by atoms with van der Waals surface area (Å²) in [5.41, 5.74) is 10.2. The SMILES string of the molecule is C[C@@H]1Cc2ccccc2CN1C(=O)c1cc2c(cc1-c1cc(C(=O)N(c3ccccc3)c3ccc(OCc4ccccc4)cc3)c3n1CCCC3)CN(C(=O)O)C2. The lowest BCUT2D eigenvalue weighted by Gasteiger charge is -2.35. The Balaban J connectivity index is 1.12. The minimum atomic E-state index is -0.994. The lowest BCUT2D eigenvalue weighted by Crippen LogP contribution is -2.42. The summed E-state index contributed by atoms with van der Waals surface area (Å²) in [7, 11) is 0. The maximum Gasteiger partial charge on any atom is 0.407 e. The predicted molar refractivity (Wildman–Crippen MR) is 220 cm³/mol. The van der Waals surface area contributed by atoms with Crippen LogP contribution in [0.3, 0.4) is 0 Å². The van der Waals surface area contributed by atoms with E-state index in [-0.39, 0.29) is 30.9 Å². The molecule has 3 aliphatic rings. The fourth-order valence-electron chi connectivity index (χ4n) is 8.68. The maximum atomic E-state index is 15.1. The van der Waals surface area contributed by atoms with Gasteiger partial charge in [-0.3, -0.25) is 19.4 Å². The van der Waals surface area contributed by atoms with Crippen LogP contribution in [0.5, 0.6) is 5.75 Å². The Kier molecular flexibility index (Phi) is 9.58. The second kappa shape index (κ2) is 15.1. The number of hydrogen-bond acceptors (Lipinski definition) is 4. The van der Waals surface area contributed by atoms with Crippen molar-refractivity contribution in [3.8, 4) is 17.0 Å². The third-order valence-corrected chi connectivity index (χ3v) is 11.7. The molecule has 0 unspecified atom stereocenters. The van der Waals surface area contributed by atoms with Gasteiger partial charge in [0.1, 0.15) is 12.4 Å². The van der Waals surface area contributed by atoms with Crippen molar-refractivity contribution in [3.63, 3.8) is 0 Å². The number of rotatable bonds is 8. The van der Waals surface area contributed by atoms with E-state index in [0.717, 1.165) is 70.6 Å². The van der Waals surface area contributed by atoms with Crippen LogP contribution in [0.2, 0.25) is 0 Å². The summed E-state index contributed by atoms with van der Waals surface area (Å²) in [6.07, 6.45) is 2.36. The Morgan fingerprint density at radius 1 is 0.719 bits per heavy atom. The summed E-state index contributed by atoms with van der Waals surface area (Å²) in [5.74, 6) is 0.445. The topological polar surface area (TPSA) is 95.3 Å². The minimum Gasteiger partial charge on any atom is -0.489 e. The van der Waals surface area contributed by atoms with Crippen molar-refractivity contribution in [1.82, 2.24) is 14.4 Å². The van der Waals surface area contributed by atoms with Crippen molar-refractivity contribution < 1.29 is 24.2 Å². The molecule has 0 bridgehead atoms. The van der Waals surface area contributed by atoms with Crippen LogP contribution in [-0.4, -0.2) is 43.4 Å². The minimum absolute atomic E-state index is 0.0306. The molecule has 9 rings (SSSR count). The van der Waals surface area contributed by atoms with Crippen molar-refractivity contribution in [2.45, 2.75) is 71.4 Å². The zero-order valence-corrected chi connectivity index (χ0v) is 31.9. The second-order valence-corrected chi connectivity index (χ2v) is 15.3. The van der Waals surface area contributed by atoms with Crippen LogP contribution in [0.4, 0.5) is 16.2 Å². The van der Waals surface area contributed by atoms with Crippen LogP contribution < -0.4 is 9.64 Å². The van der Waals surface area contributed by atoms with Gasteiger partial charge in [-0.2, -0.15) is 0 Å². The summed E-state index contributed by atoms with van der Waals surface area (Å²) >= 11 is 0. The first kappa shape index (κ1) is 36.1. The Labute approximate surface area is 332 Å². The number of anilines is 2. The van der Waals surface area contributed by atoms with E-state index in [1.807, 2.05) is 120 Å². The smallest absolute Gasteiger partial charge is 0.407 e. The van der Waals surface area contributed by atoms with E-state index in [2.05, 4.69) is 23.6 Å². The van der Waals surface area contributed by atoms with Crippen LogP contribution in [0.25, 0.3) is 11.3 Å². The fourth-order valence-corrected chi connectivity index (χ4v) is 8.68. The first-order valence-corrected chi connectivity index (χ1v) is 19.7. The van der Waals surface area contributed by atoms with Gasteiger partial charge in [0.15, 0.2) is 0 Å². The highest BCUT2D eigenvalue weighted by Gasteiger charge is 2.34. The lowest BCUT2D eigenvalue weighted by atomic mass is 9.92. The first-order valence-electron chi connectivity index (χ1n) is 19.7. The van der Waals surface area contributed by atoms with E-state index in [0.29, 0.717) is 42.3 Å². The molecule has 0 aliphatic carbocycles. The number of carboxylic acid groups (broad SMARTS) is 1. The monoisotopic (exact) mass is 756 g/mol. The predicted octanol–water partition coefficient (Wildman–Crippen LogP) is 9.63. The van der Waals surface area contributed by atoms with Crippen molar-refractivity contribution in [3.05, 3.63) is 172 Å². The zero-order chi connectivity index (χ0) is 39.0. The molecule has 0 fully saturated rings. The van der Waals surface area contributed by atoms with Gasteiger partial charge < -0.3 is 19.3 Å². The number of nitrogens with zero attached hydrogens (tertiary/aromatic N) is 4. The summed E-state index contributed by atoms with van der Waals surface area (Å²) in [4.78, 5) is 47.2. The van der Waals surface area contributed by atoms with Gasteiger partial charge >= 0.3 is 6.09 Å². The molecule has 9 heteroatoms. The molecule has 57 heavy (non-hydrogen) atoms. The highest BCUT2D eigenvalue weighted by Crippen LogP contribution is 2.39. The Morgan fingerprint density at radius 3 is 2.12 bits per heavy atom. The summed E-state index contributed by atoms with van der Waals surface area (Å²) in [6.45, 7) is 4.19. The number of carbonyl (C=O) groups is 3. The largest absolute Gasteiger partial charge is 0.489 e. The van der Waals surface area contributed by atoms with E-state index in [4.69, 9.17) is 4.74 Å². The number of carbonyl (C=O) groups excluding carboxylic acids is 2. The number of fused-ring (bicyclic) bond motifs is 3. The molecule has 1 aromatic heterocycles. The number of para-hydroxylation sites is 1. The van der Waals surface area contributed by atoms with Crippen molar-refractivity contribution >= 4 is 29.3 Å². The molecule has 5 aromatic carbocycles. The summed E-state index contributed by atoms with van der Waals surface area (Å²) < 4.78 is 8.30. The molecule has 0 spiro atoms. The summed E-state index contributed by atoms with van der Waals surface area (Å²) in [5, 5.41) is 9.93. The van der Waals surface area contributed by atoms with Crippen LogP contribution in [0.15, 0.2) is 127 Å². The highest BCUT2D eigenvalue weighted by molar-refractivity contribution is 6.12. The molecule has 4 heterocycles. The standard InChI is InChI=1S/C48H44N4O5/c1-32-24-34-14-8-9-15-35(34)30-51(32)46(53)42-26-37-29-49(48(55)56)28-36(37)25-41(42)45-27-43(44-18-10-11-23-50(44)45)47(54)52(38-16-6-3-7-17-38)39-19-21-40(22-20-39)57-31-33-12-4-2-5-13-33/h2-9,12-17,19-22,25-27,32H,10-11,18,23-24,28-31H2,1H3,(H,55,56)/t32-/m1/s1. The third kappa shape index (κ3) is 6.94. The lowest BCUT2D eigenvalue weighted by molar-refractivity contribution is 0.0658. The van der Waals surface area contributed by atoms with Gasteiger partial charge in [-0.15, -0.1) is 0 Å². The van der Waals surface area contributed by atoms with E-state index in [1.165, 1.54) is 10.5 Å². The van der Waals surface area contributed by atoms with Gasteiger partial charge in [-0.25, -0.2) is 4.79 Å². The van der Waals surface area contributed by atoms with Crippen LogP contribution in [0, 0.1) is 0 Å². The van der Waals surface area contributed by atoms with Gasteiger partial charge in [0.25, 0.3) is 11.8 Å². The maximum absolute atomic E-state index is 15.1. The molecule has 1 atom stereocenters. The second-order valence-electron chi connectivity index (χ2n) is 15.3. The molecule has 0 saturated heterocycles. The van der Waals surface area contributed by atoms with Gasteiger partial charge in [0.2, 0.25) is 0 Å². The van der Waals surface area contributed by atoms with Crippen LogP contribution in [-0.2, 0) is 45.6 Å². The van der Waals surface area contributed by atoms with E-state index < -0.39 is 6.09 Å².